The van der Waals surface area contributed by atoms with Crippen molar-refractivity contribution in [1.82, 2.24) is 14.1 Å². The molecule has 0 radical (unpaired) electrons. The molecule has 2 aromatic carbocycles. The van der Waals surface area contributed by atoms with Crippen molar-refractivity contribution in [2.75, 3.05) is 0 Å². The second kappa shape index (κ2) is 14.4. The molecule has 0 amide bonds. The highest BCUT2D eigenvalue weighted by Crippen LogP contribution is 2.32. The molecule has 0 aliphatic heterocycles. The van der Waals surface area contributed by atoms with Gasteiger partial charge in [-0.15, -0.1) is 0 Å². The van der Waals surface area contributed by atoms with Gasteiger partial charge < -0.3 is 34.0 Å². The van der Waals surface area contributed by atoms with Gasteiger partial charge in [-0.1, -0.05) is 96.8 Å². The summed E-state index contributed by atoms with van der Waals surface area (Å²) in [6, 6.07) is 15.7. The lowest BCUT2D eigenvalue weighted by molar-refractivity contribution is -0.611. The number of aromatic nitrogens is 5. The van der Waals surface area contributed by atoms with Gasteiger partial charge in [0, 0.05) is 11.1 Å². The van der Waals surface area contributed by atoms with Crippen LogP contribution < -0.4 is 43.1 Å². The Balaban J connectivity index is 0.00000264. The average molecular weight is 722 g/mol. The first-order chi connectivity index (χ1) is 20.0. The predicted molar refractivity (Wildman–Crippen MR) is 172 cm³/mol. The third-order valence-electron chi connectivity index (χ3n) is 8.31. The van der Waals surface area contributed by atoms with Crippen LogP contribution in [-0.2, 0) is 0 Å². The minimum absolute atomic E-state index is 0. The van der Waals surface area contributed by atoms with Crippen LogP contribution >= 0.6 is 0 Å². The number of nitrogens with zero attached hydrogens (tertiary/aromatic N) is 5. The summed E-state index contributed by atoms with van der Waals surface area (Å²) in [6.07, 6.45) is 12.9. The van der Waals surface area contributed by atoms with Gasteiger partial charge in [-0.3, -0.25) is 0 Å². The molecule has 44 heavy (non-hydrogen) atoms. The van der Waals surface area contributed by atoms with Crippen LogP contribution in [0.15, 0.2) is 79.9 Å². The zero-order valence-electron chi connectivity index (χ0n) is 27.8. The molecular weight excluding hydrogens is 674 g/mol. The summed E-state index contributed by atoms with van der Waals surface area (Å²) in [5, 5.41) is 0. The second-order valence-electron chi connectivity index (χ2n) is 12.9. The van der Waals surface area contributed by atoms with Crippen LogP contribution in [0.3, 0.4) is 0 Å². The molecule has 0 spiro atoms. The summed E-state index contributed by atoms with van der Waals surface area (Å²) < 4.78 is 8.85. The van der Waals surface area contributed by atoms with Crippen molar-refractivity contribution >= 4 is 0 Å². The Morgan fingerprint density at radius 3 is 1.16 bits per heavy atom. The van der Waals surface area contributed by atoms with Crippen molar-refractivity contribution in [1.29, 1.82) is 0 Å². The lowest BCUT2D eigenvalue weighted by Gasteiger charge is -2.17. The number of aryl methyl sites for hydroxylation is 2. The summed E-state index contributed by atoms with van der Waals surface area (Å²) in [4.78, 5) is 5.26. The standard InChI is InChI=1S/C37H47N5.2BrH/c1-24(2)30-13-11-14-31(25(3)4)34(30)39-17-19-41(22-39)36-28(9)21-29(10)37(38-36)42-20-18-40(23-42)35-32(26(5)6)15-12-16-33(35)27(7)8;;/h11-27H,1-10H3;2*1H/q+2;;/p-2. The topological polar surface area (TPSA) is 30.5 Å². The van der Waals surface area contributed by atoms with Crippen LogP contribution in [0.2, 0.25) is 0 Å². The highest BCUT2D eigenvalue weighted by Gasteiger charge is 2.24. The number of imidazole rings is 2. The summed E-state index contributed by atoms with van der Waals surface area (Å²) in [5.41, 5.74) is 10.3. The molecule has 0 unspecified atom stereocenters. The fraction of sp³-hybridized carbons (Fsp3) is 0.378. The molecule has 5 nitrogen and oxygen atoms in total. The van der Waals surface area contributed by atoms with Crippen molar-refractivity contribution in [2.24, 2.45) is 0 Å². The van der Waals surface area contributed by atoms with E-state index in [0.29, 0.717) is 23.7 Å². The maximum atomic E-state index is 5.26. The van der Waals surface area contributed by atoms with Crippen LogP contribution in [0.4, 0.5) is 0 Å². The predicted octanol–water partition coefficient (Wildman–Crippen LogP) is 2.33. The van der Waals surface area contributed by atoms with E-state index in [9.17, 15) is 0 Å². The fourth-order valence-electron chi connectivity index (χ4n) is 6.10. The number of hydrogen-bond donors (Lipinski definition) is 0. The van der Waals surface area contributed by atoms with Gasteiger partial charge in [-0.2, -0.15) is 0 Å². The first kappa shape index (κ1) is 35.4. The lowest BCUT2D eigenvalue weighted by atomic mass is 9.92. The van der Waals surface area contributed by atoms with Crippen molar-refractivity contribution in [2.45, 2.75) is 92.9 Å². The van der Waals surface area contributed by atoms with E-state index in [1.807, 2.05) is 0 Å². The van der Waals surface area contributed by atoms with Crippen LogP contribution in [0, 0.1) is 13.8 Å². The molecule has 0 saturated carbocycles. The SMILES string of the molecule is Cc1cc(C)c(-[n+]2ccn(-c3c(C(C)C)cccc3C(C)C)c2)nc1-[n+]1ccn(-c2c(C(C)C)cccc2C(C)C)c1.[Br-].[Br-]. The number of rotatable bonds is 8. The van der Waals surface area contributed by atoms with E-state index < -0.39 is 0 Å². The van der Waals surface area contributed by atoms with Crippen molar-refractivity contribution in [3.05, 3.63) is 113 Å². The van der Waals surface area contributed by atoms with Gasteiger partial charge >= 0.3 is 0 Å². The van der Waals surface area contributed by atoms with Gasteiger partial charge in [-0.25, -0.2) is 18.3 Å². The van der Waals surface area contributed by atoms with Gasteiger partial charge in [-0.05, 0) is 65.8 Å². The molecule has 5 rings (SSSR count). The van der Waals surface area contributed by atoms with Crippen molar-refractivity contribution < 1.29 is 43.1 Å². The minimum atomic E-state index is 0. The van der Waals surface area contributed by atoms with Crippen LogP contribution in [0.25, 0.3) is 23.0 Å². The molecule has 0 aliphatic rings. The number of halogens is 2. The van der Waals surface area contributed by atoms with Crippen molar-refractivity contribution in [3.63, 3.8) is 0 Å². The molecule has 0 aliphatic carbocycles. The third-order valence-corrected chi connectivity index (χ3v) is 8.31. The number of pyridine rings is 1. The van der Waals surface area contributed by atoms with E-state index in [-0.39, 0.29) is 34.0 Å². The Kier molecular flexibility index (Phi) is 11.6. The summed E-state index contributed by atoms with van der Waals surface area (Å²) in [6.45, 7) is 22.4. The molecule has 0 atom stereocenters. The largest absolute Gasteiger partial charge is 1.00 e. The van der Waals surface area contributed by atoms with E-state index in [4.69, 9.17) is 4.98 Å². The second-order valence-corrected chi connectivity index (χ2v) is 12.9. The smallest absolute Gasteiger partial charge is 0.273 e. The zero-order valence-corrected chi connectivity index (χ0v) is 31.0. The normalized spacial score (nSPS) is 11.4. The van der Waals surface area contributed by atoms with E-state index in [2.05, 4.69) is 167 Å². The van der Waals surface area contributed by atoms with Gasteiger partial charge in [0.25, 0.3) is 11.6 Å². The number of benzene rings is 2. The molecule has 5 aromatic rings. The lowest BCUT2D eigenvalue weighted by Crippen LogP contribution is -3.00. The number of para-hydroxylation sites is 2. The van der Waals surface area contributed by atoms with Crippen LogP contribution in [-0.4, -0.2) is 14.1 Å². The Morgan fingerprint density at radius 1 is 0.545 bits per heavy atom. The third kappa shape index (κ3) is 6.79. The van der Waals surface area contributed by atoms with Crippen LogP contribution in [0.1, 0.15) is 112 Å². The Morgan fingerprint density at radius 2 is 0.864 bits per heavy atom. The molecular formula is C37H47Br2N5. The quantitative estimate of drug-likeness (QED) is 0.227. The first-order valence-electron chi connectivity index (χ1n) is 15.4. The van der Waals surface area contributed by atoms with E-state index in [0.717, 1.165) is 22.8 Å². The van der Waals surface area contributed by atoms with E-state index in [1.165, 1.54) is 33.6 Å². The average Bonchev–Trinajstić information content (AvgIpc) is 3.62. The van der Waals surface area contributed by atoms with Gasteiger partial charge in [0.2, 0.25) is 0 Å². The molecule has 0 bridgehead atoms. The molecule has 3 heterocycles. The highest BCUT2D eigenvalue weighted by molar-refractivity contribution is 5.52. The maximum absolute atomic E-state index is 5.26. The Labute approximate surface area is 285 Å². The fourth-order valence-corrected chi connectivity index (χ4v) is 6.10. The maximum Gasteiger partial charge on any atom is 0.273 e. The summed E-state index contributed by atoms with van der Waals surface area (Å²) in [5.74, 6) is 3.59. The monoisotopic (exact) mass is 719 g/mol. The highest BCUT2D eigenvalue weighted by atomic mass is 79.9. The van der Waals surface area contributed by atoms with E-state index >= 15 is 0 Å². The number of hydrogen-bond acceptors (Lipinski definition) is 1. The molecule has 3 aromatic heterocycles. The van der Waals surface area contributed by atoms with Crippen LogP contribution in [0.5, 0.6) is 0 Å². The molecule has 0 N–H and O–H groups in total. The molecule has 234 valence electrons. The first-order valence-corrected chi connectivity index (χ1v) is 15.4. The zero-order chi connectivity index (χ0) is 30.3. The van der Waals surface area contributed by atoms with E-state index in [1.54, 1.807) is 0 Å². The Hall–Kier alpha value is -3.03. The Bertz CT molecular complexity index is 1550. The summed E-state index contributed by atoms with van der Waals surface area (Å²) >= 11 is 0. The van der Waals surface area contributed by atoms with Gasteiger partial charge in [0.1, 0.15) is 23.8 Å². The molecule has 0 saturated heterocycles. The summed E-state index contributed by atoms with van der Waals surface area (Å²) in [7, 11) is 0. The molecule has 7 heteroatoms. The van der Waals surface area contributed by atoms with Gasteiger partial charge in [0.05, 0.1) is 12.4 Å². The minimum Gasteiger partial charge on any atom is -1.00 e. The van der Waals surface area contributed by atoms with Crippen molar-refractivity contribution in [3.8, 4) is 23.0 Å². The molecule has 0 fully saturated rings. The van der Waals surface area contributed by atoms with Gasteiger partial charge in [0.15, 0.2) is 12.7 Å².